The van der Waals surface area contributed by atoms with E-state index in [1.54, 1.807) is 9.80 Å². The molecular formula is C29H39N5O7. The van der Waals surface area contributed by atoms with Crippen LogP contribution in [0.5, 0.6) is 0 Å². The summed E-state index contributed by atoms with van der Waals surface area (Å²) in [6.07, 6.45) is 4.85. The highest BCUT2D eigenvalue weighted by molar-refractivity contribution is 6.31. The summed E-state index contributed by atoms with van der Waals surface area (Å²) in [4.78, 5) is 67.5. The van der Waals surface area contributed by atoms with E-state index in [0.29, 0.717) is 70.5 Å². The number of anilines is 1. The molecule has 0 radical (unpaired) electrons. The first-order valence-corrected chi connectivity index (χ1v) is 14.7. The molecule has 0 saturated carbocycles. The maximum Gasteiger partial charge on any atom is 0.410 e. The molecule has 0 spiro atoms. The number of hydrogen-bond donors (Lipinski definition) is 2. The predicted octanol–water partition coefficient (Wildman–Crippen LogP) is 2.24. The van der Waals surface area contributed by atoms with Crippen molar-refractivity contribution >= 4 is 35.6 Å². The van der Waals surface area contributed by atoms with Crippen molar-refractivity contribution in [3.05, 3.63) is 29.8 Å². The van der Waals surface area contributed by atoms with Gasteiger partial charge in [0.1, 0.15) is 0 Å². The number of rotatable bonds is 4. The van der Waals surface area contributed by atoms with Crippen molar-refractivity contribution in [2.24, 2.45) is 11.8 Å². The number of carboxylic acid groups (broad SMARTS) is 1. The van der Waals surface area contributed by atoms with Gasteiger partial charge in [0.2, 0.25) is 0 Å². The number of carboxylic acids is 1. The van der Waals surface area contributed by atoms with Crippen LogP contribution in [0.25, 0.3) is 0 Å². The van der Waals surface area contributed by atoms with Crippen LogP contribution in [0.1, 0.15) is 44.1 Å². The van der Waals surface area contributed by atoms with Crippen molar-refractivity contribution in [1.29, 1.82) is 0 Å². The lowest BCUT2D eigenvalue weighted by atomic mass is 9.79. The van der Waals surface area contributed by atoms with E-state index >= 15 is 0 Å². The number of hydrogen-bond acceptors (Lipinski definition) is 6. The van der Waals surface area contributed by atoms with Gasteiger partial charge in [0.25, 0.3) is 5.91 Å². The van der Waals surface area contributed by atoms with Gasteiger partial charge >= 0.3 is 24.0 Å². The highest BCUT2D eigenvalue weighted by atomic mass is 16.6. The molecule has 0 atom stereocenters. The normalized spacial score (nSPS) is 21.1. The Morgan fingerprint density at radius 2 is 1.39 bits per heavy atom. The minimum absolute atomic E-state index is 0.0428. The van der Waals surface area contributed by atoms with Crippen LogP contribution in [0, 0.1) is 11.8 Å². The van der Waals surface area contributed by atoms with E-state index in [4.69, 9.17) is 9.84 Å². The van der Waals surface area contributed by atoms with Crippen molar-refractivity contribution < 1.29 is 33.8 Å². The number of fused-ring (bicyclic) bond motifs is 1. The molecule has 12 heteroatoms. The fourth-order valence-electron chi connectivity index (χ4n) is 6.73. The molecule has 5 rings (SSSR count). The number of aliphatic carboxylic acids is 1. The first-order chi connectivity index (χ1) is 19.8. The average Bonchev–Trinajstić information content (AvgIpc) is 3.17. The second kappa shape index (κ2) is 12.8. The Bertz CT molecular complexity index is 1150. The van der Waals surface area contributed by atoms with Crippen LogP contribution in [-0.4, -0.2) is 113 Å². The summed E-state index contributed by atoms with van der Waals surface area (Å²) in [5.74, 6) is -1.59. The molecule has 3 saturated heterocycles. The minimum Gasteiger partial charge on any atom is -0.474 e. The van der Waals surface area contributed by atoms with Gasteiger partial charge in [0.15, 0.2) is 6.61 Å². The number of benzene rings is 1. The summed E-state index contributed by atoms with van der Waals surface area (Å²) in [6, 6.07) is 7.76. The monoisotopic (exact) mass is 569 g/mol. The van der Waals surface area contributed by atoms with E-state index in [1.165, 1.54) is 4.90 Å². The topological polar surface area (TPSA) is 140 Å². The fourth-order valence-corrected chi connectivity index (χ4v) is 6.73. The molecule has 4 aliphatic rings. The first kappa shape index (κ1) is 28.7. The van der Waals surface area contributed by atoms with Crippen molar-refractivity contribution in [3.8, 4) is 0 Å². The summed E-state index contributed by atoms with van der Waals surface area (Å²) >= 11 is 0. The molecule has 41 heavy (non-hydrogen) atoms. The van der Waals surface area contributed by atoms with Crippen LogP contribution in [-0.2, 0) is 25.5 Å². The molecule has 4 heterocycles. The molecule has 4 aliphatic heterocycles. The Morgan fingerprint density at radius 1 is 0.805 bits per heavy atom. The van der Waals surface area contributed by atoms with Crippen molar-refractivity contribution in [1.82, 2.24) is 19.6 Å². The Labute approximate surface area is 239 Å². The third-order valence-electron chi connectivity index (χ3n) is 9.19. The van der Waals surface area contributed by atoms with Crippen LogP contribution >= 0.6 is 0 Å². The SMILES string of the molecule is O=C(O)C(=O)N1CCC(C2CCN(C(=O)COC(=O)N3CCC(N4CCc5ccccc5NC4=O)CC3)CC2)CC1. The van der Waals surface area contributed by atoms with Crippen LogP contribution in [0.15, 0.2) is 24.3 Å². The number of nitrogens with one attached hydrogen (secondary N) is 1. The van der Waals surface area contributed by atoms with Gasteiger partial charge in [-0.3, -0.25) is 9.59 Å². The van der Waals surface area contributed by atoms with E-state index in [9.17, 15) is 24.0 Å². The van der Waals surface area contributed by atoms with Crippen molar-refractivity contribution in [2.75, 3.05) is 57.7 Å². The first-order valence-electron chi connectivity index (χ1n) is 14.7. The van der Waals surface area contributed by atoms with Gasteiger partial charge in [0, 0.05) is 57.5 Å². The zero-order valence-corrected chi connectivity index (χ0v) is 23.3. The molecule has 222 valence electrons. The molecule has 1 aromatic carbocycles. The van der Waals surface area contributed by atoms with Gasteiger partial charge in [-0.05, 0) is 68.4 Å². The van der Waals surface area contributed by atoms with Gasteiger partial charge in [-0.2, -0.15) is 0 Å². The third-order valence-corrected chi connectivity index (χ3v) is 9.19. The maximum atomic E-state index is 12.8. The van der Waals surface area contributed by atoms with Crippen molar-refractivity contribution in [3.63, 3.8) is 0 Å². The summed E-state index contributed by atoms with van der Waals surface area (Å²) in [5.41, 5.74) is 1.97. The molecule has 2 N–H and O–H groups in total. The molecule has 0 bridgehead atoms. The van der Waals surface area contributed by atoms with Gasteiger partial charge in [0.05, 0.1) is 0 Å². The number of carbonyl (C=O) groups excluding carboxylic acids is 4. The molecule has 0 aliphatic carbocycles. The standard InChI is InChI=1S/C29H39N5O7/c35-25(31-12-5-20(6-13-31)21-7-14-32(15-8-21)26(36)27(37)38)19-41-29(40)33-16-10-23(11-17-33)34-18-9-22-3-1-2-4-24(22)30-28(34)39/h1-4,20-21,23H,5-19H2,(H,30,39)(H,37,38). The molecule has 5 amide bonds. The van der Waals surface area contributed by atoms with Gasteiger partial charge in [-0.25, -0.2) is 14.4 Å². The molecule has 1 aromatic rings. The molecule has 12 nitrogen and oxygen atoms in total. The summed E-state index contributed by atoms with van der Waals surface area (Å²) in [5, 5.41) is 11.9. The number of ether oxygens (including phenoxy) is 1. The maximum absolute atomic E-state index is 12.8. The van der Waals surface area contributed by atoms with E-state index in [2.05, 4.69) is 5.32 Å². The van der Waals surface area contributed by atoms with E-state index in [-0.39, 0.29) is 24.6 Å². The fraction of sp³-hybridized carbons (Fsp3) is 0.621. The van der Waals surface area contributed by atoms with Gasteiger partial charge < -0.3 is 34.8 Å². The lowest BCUT2D eigenvalue weighted by molar-refractivity contribution is -0.156. The van der Waals surface area contributed by atoms with Gasteiger partial charge in [-0.15, -0.1) is 0 Å². The van der Waals surface area contributed by atoms with E-state index in [0.717, 1.165) is 43.4 Å². The van der Waals surface area contributed by atoms with Crippen molar-refractivity contribution in [2.45, 2.75) is 51.0 Å². The third kappa shape index (κ3) is 6.74. The van der Waals surface area contributed by atoms with E-state index in [1.807, 2.05) is 29.2 Å². The predicted molar refractivity (Wildman–Crippen MR) is 148 cm³/mol. The second-order valence-corrected chi connectivity index (χ2v) is 11.5. The number of nitrogens with zero attached hydrogens (tertiary/aromatic N) is 4. The quantitative estimate of drug-likeness (QED) is 0.530. The minimum atomic E-state index is -1.41. The zero-order valence-electron chi connectivity index (χ0n) is 23.3. The lowest BCUT2D eigenvalue weighted by Gasteiger charge is -2.40. The van der Waals surface area contributed by atoms with Crippen LogP contribution in [0.4, 0.5) is 15.3 Å². The van der Waals surface area contributed by atoms with Crippen LogP contribution < -0.4 is 5.32 Å². The van der Waals surface area contributed by atoms with Crippen LogP contribution in [0.3, 0.4) is 0 Å². The molecule has 0 aromatic heterocycles. The Kier molecular flexibility index (Phi) is 8.94. The van der Waals surface area contributed by atoms with Crippen LogP contribution in [0.2, 0.25) is 0 Å². The Hall–Kier alpha value is -3.83. The number of urea groups is 1. The number of carbonyl (C=O) groups is 5. The molecular weight excluding hydrogens is 530 g/mol. The number of piperidine rings is 3. The van der Waals surface area contributed by atoms with E-state index < -0.39 is 18.0 Å². The second-order valence-electron chi connectivity index (χ2n) is 11.5. The Balaban J connectivity index is 0.997. The lowest BCUT2D eigenvalue weighted by Crippen LogP contribution is -2.50. The number of para-hydroxylation sites is 1. The zero-order chi connectivity index (χ0) is 28.9. The number of amides is 5. The highest BCUT2D eigenvalue weighted by Gasteiger charge is 2.35. The summed E-state index contributed by atoms with van der Waals surface area (Å²) < 4.78 is 5.37. The largest absolute Gasteiger partial charge is 0.474 e. The molecule has 0 unspecified atom stereocenters. The summed E-state index contributed by atoms with van der Waals surface area (Å²) in [6.45, 7) is 3.40. The Morgan fingerprint density at radius 3 is 2.02 bits per heavy atom. The van der Waals surface area contributed by atoms with Gasteiger partial charge in [-0.1, -0.05) is 18.2 Å². The smallest absolute Gasteiger partial charge is 0.410 e. The molecule has 3 fully saturated rings. The highest BCUT2D eigenvalue weighted by Crippen LogP contribution is 2.32. The number of likely N-dealkylation sites (tertiary alicyclic amines) is 3. The average molecular weight is 570 g/mol. The summed E-state index contributed by atoms with van der Waals surface area (Å²) in [7, 11) is 0.